The molecule has 0 atom stereocenters. The van der Waals surface area contributed by atoms with Gasteiger partial charge in [0.1, 0.15) is 5.65 Å². The zero-order valence-corrected chi connectivity index (χ0v) is 16.0. The predicted octanol–water partition coefficient (Wildman–Crippen LogP) is 4.40. The molecule has 0 saturated carbocycles. The number of hydrogen-bond donors (Lipinski definition) is 0. The summed E-state index contributed by atoms with van der Waals surface area (Å²) in [6.07, 6.45) is 3.54. The van der Waals surface area contributed by atoms with E-state index in [0.717, 1.165) is 16.9 Å². The number of rotatable bonds is 3. The van der Waals surface area contributed by atoms with Crippen LogP contribution in [-0.2, 0) is 0 Å². The number of aromatic nitrogens is 2. The molecule has 5 nitrogen and oxygen atoms in total. The molecule has 0 aliphatic heterocycles. The number of ether oxygens (including phenoxy) is 1. The topological polar surface area (TPSA) is 46.8 Å². The van der Waals surface area contributed by atoms with Gasteiger partial charge in [-0.1, -0.05) is 13.8 Å². The van der Waals surface area contributed by atoms with Crippen LogP contribution in [-0.4, -0.2) is 29.4 Å². The van der Waals surface area contributed by atoms with Gasteiger partial charge < -0.3 is 14.0 Å². The first kappa shape index (κ1) is 19.4. The molecule has 6 heteroatoms. The molecule has 2 heterocycles. The molecule has 3 rings (SSSR count). The van der Waals surface area contributed by atoms with Gasteiger partial charge in [-0.05, 0) is 37.6 Å². The second kappa shape index (κ2) is 7.99. The molecule has 0 saturated heterocycles. The zero-order valence-electron chi connectivity index (χ0n) is 16.0. The van der Waals surface area contributed by atoms with E-state index in [1.54, 1.807) is 31.6 Å². The second-order valence-corrected chi connectivity index (χ2v) is 5.69. The summed E-state index contributed by atoms with van der Waals surface area (Å²) in [6, 6.07) is 6.14. The lowest BCUT2D eigenvalue weighted by atomic mass is 10.1. The Kier molecular flexibility index (Phi) is 5.97. The van der Waals surface area contributed by atoms with Crippen molar-refractivity contribution in [3.05, 3.63) is 59.3 Å². The largest absolute Gasteiger partial charge is 0.494 e. The van der Waals surface area contributed by atoms with Gasteiger partial charge in [0, 0.05) is 36.9 Å². The summed E-state index contributed by atoms with van der Waals surface area (Å²) in [4.78, 5) is 18.6. The third-order valence-electron chi connectivity index (χ3n) is 4.05. The van der Waals surface area contributed by atoms with E-state index in [-0.39, 0.29) is 11.7 Å². The number of anilines is 1. The molecule has 1 amide bonds. The molecule has 0 N–H and O–H groups in total. The van der Waals surface area contributed by atoms with E-state index >= 15 is 0 Å². The Labute approximate surface area is 153 Å². The van der Waals surface area contributed by atoms with Crippen LogP contribution in [0.3, 0.4) is 0 Å². The van der Waals surface area contributed by atoms with Gasteiger partial charge in [0.25, 0.3) is 5.91 Å². The minimum Gasteiger partial charge on any atom is -0.494 e. The number of halogens is 1. The number of carbonyl (C=O) groups is 1. The number of hydrogen-bond acceptors (Lipinski definition) is 3. The molecule has 0 unspecified atom stereocenters. The molecule has 0 bridgehead atoms. The van der Waals surface area contributed by atoms with E-state index in [9.17, 15) is 9.18 Å². The number of pyridine rings is 1. The summed E-state index contributed by atoms with van der Waals surface area (Å²) in [5.74, 6) is -0.556. The van der Waals surface area contributed by atoms with Crippen LogP contribution in [0.2, 0.25) is 0 Å². The average Bonchev–Trinajstić information content (AvgIpc) is 3.04. The van der Waals surface area contributed by atoms with Crippen LogP contribution in [0.1, 0.15) is 35.5 Å². The van der Waals surface area contributed by atoms with E-state index in [4.69, 9.17) is 4.74 Å². The van der Waals surface area contributed by atoms with Crippen molar-refractivity contribution in [3.8, 4) is 5.75 Å². The number of benzene rings is 1. The molecule has 3 aromatic rings. The monoisotopic (exact) mass is 357 g/mol. The average molecular weight is 357 g/mol. The summed E-state index contributed by atoms with van der Waals surface area (Å²) < 4.78 is 20.4. The maximum Gasteiger partial charge on any atom is 0.259 e. The summed E-state index contributed by atoms with van der Waals surface area (Å²) in [5.41, 5.74) is 3.79. The number of aryl methyl sites for hydroxylation is 2. The molecule has 1 aromatic carbocycles. The van der Waals surface area contributed by atoms with Crippen LogP contribution in [0.25, 0.3) is 5.65 Å². The third kappa shape index (κ3) is 3.54. The Balaban J connectivity index is 0.00000117. The molecule has 0 aliphatic carbocycles. The van der Waals surface area contributed by atoms with Crippen LogP contribution in [0, 0.1) is 19.7 Å². The molecule has 0 fully saturated rings. The molecule has 26 heavy (non-hydrogen) atoms. The number of fused-ring (bicyclic) bond motifs is 1. The molecular weight excluding hydrogens is 333 g/mol. The van der Waals surface area contributed by atoms with Crippen molar-refractivity contribution in [2.45, 2.75) is 27.7 Å². The van der Waals surface area contributed by atoms with E-state index in [2.05, 4.69) is 4.98 Å². The Morgan fingerprint density at radius 3 is 2.58 bits per heavy atom. The Hall–Kier alpha value is -2.89. The third-order valence-corrected chi connectivity index (χ3v) is 4.05. The Morgan fingerprint density at radius 2 is 1.92 bits per heavy atom. The minimum atomic E-state index is -0.464. The van der Waals surface area contributed by atoms with Crippen LogP contribution >= 0.6 is 0 Å². The fraction of sp³-hybridized carbons (Fsp3) is 0.300. The maximum atomic E-state index is 13.6. The van der Waals surface area contributed by atoms with Gasteiger partial charge in [-0.3, -0.25) is 4.79 Å². The van der Waals surface area contributed by atoms with Crippen LogP contribution in [0.15, 0.2) is 36.7 Å². The summed E-state index contributed by atoms with van der Waals surface area (Å²) >= 11 is 0. The lowest BCUT2D eigenvalue weighted by molar-refractivity contribution is 0.0992. The van der Waals surface area contributed by atoms with Crippen molar-refractivity contribution in [3.63, 3.8) is 0 Å². The normalized spacial score (nSPS) is 10.3. The summed E-state index contributed by atoms with van der Waals surface area (Å²) in [5, 5.41) is 0. The first-order chi connectivity index (χ1) is 12.4. The van der Waals surface area contributed by atoms with Crippen molar-refractivity contribution in [1.29, 1.82) is 0 Å². The smallest absolute Gasteiger partial charge is 0.259 e. The van der Waals surface area contributed by atoms with Crippen LogP contribution in [0.5, 0.6) is 5.75 Å². The highest BCUT2D eigenvalue weighted by Crippen LogP contribution is 2.25. The number of imidazole rings is 1. The highest BCUT2D eigenvalue weighted by molar-refractivity contribution is 6.06. The van der Waals surface area contributed by atoms with Crippen LogP contribution < -0.4 is 9.64 Å². The SMILES string of the molecule is CC.COc1cc(N(C)C(=O)c2cc(C)c3ncc(C)n3c2)ccc1F. The van der Waals surface area contributed by atoms with Gasteiger partial charge in [-0.2, -0.15) is 0 Å². The van der Waals surface area contributed by atoms with E-state index < -0.39 is 5.82 Å². The molecular formula is C20H24FN3O2. The number of methoxy groups -OCH3 is 1. The Morgan fingerprint density at radius 1 is 1.23 bits per heavy atom. The van der Waals surface area contributed by atoms with Gasteiger partial charge in [-0.25, -0.2) is 9.37 Å². The van der Waals surface area contributed by atoms with E-state index in [0.29, 0.717) is 11.3 Å². The van der Waals surface area contributed by atoms with Gasteiger partial charge in [0.15, 0.2) is 11.6 Å². The van der Waals surface area contributed by atoms with Crippen molar-refractivity contribution < 1.29 is 13.9 Å². The van der Waals surface area contributed by atoms with Gasteiger partial charge in [-0.15, -0.1) is 0 Å². The van der Waals surface area contributed by atoms with Crippen LogP contribution in [0.4, 0.5) is 10.1 Å². The first-order valence-electron chi connectivity index (χ1n) is 8.48. The number of amides is 1. The highest BCUT2D eigenvalue weighted by atomic mass is 19.1. The molecule has 0 spiro atoms. The maximum absolute atomic E-state index is 13.6. The van der Waals surface area contributed by atoms with Crippen molar-refractivity contribution in [2.75, 3.05) is 19.1 Å². The van der Waals surface area contributed by atoms with Gasteiger partial charge in [0.2, 0.25) is 0 Å². The van der Waals surface area contributed by atoms with Crippen molar-refractivity contribution in [1.82, 2.24) is 9.38 Å². The van der Waals surface area contributed by atoms with Gasteiger partial charge in [0.05, 0.1) is 12.7 Å². The van der Waals surface area contributed by atoms with E-state index in [1.165, 1.54) is 24.1 Å². The second-order valence-electron chi connectivity index (χ2n) is 5.69. The number of carbonyl (C=O) groups excluding carboxylic acids is 1. The molecule has 0 radical (unpaired) electrons. The molecule has 138 valence electrons. The summed E-state index contributed by atoms with van der Waals surface area (Å²) in [7, 11) is 3.04. The van der Waals surface area contributed by atoms with Crippen molar-refractivity contribution in [2.24, 2.45) is 0 Å². The standard InChI is InChI=1S/C18H18FN3O2.C2H6/c1-11-7-13(10-22-12(2)9-20-17(11)22)18(23)21(3)14-5-6-15(19)16(8-14)24-4;1-2/h5-10H,1-4H3;1-2H3. The Bertz CT molecular complexity index is 934. The molecule has 0 aliphatic rings. The fourth-order valence-corrected chi connectivity index (χ4v) is 2.66. The van der Waals surface area contributed by atoms with E-state index in [1.807, 2.05) is 32.1 Å². The van der Waals surface area contributed by atoms with Gasteiger partial charge >= 0.3 is 0 Å². The fourth-order valence-electron chi connectivity index (χ4n) is 2.66. The first-order valence-corrected chi connectivity index (χ1v) is 8.48. The van der Waals surface area contributed by atoms with Crippen molar-refractivity contribution >= 4 is 17.2 Å². The lowest BCUT2D eigenvalue weighted by Gasteiger charge is -2.19. The predicted molar refractivity (Wildman–Crippen MR) is 102 cm³/mol. The number of nitrogens with zero attached hydrogens (tertiary/aromatic N) is 3. The highest BCUT2D eigenvalue weighted by Gasteiger charge is 2.17. The minimum absolute atomic E-state index is 0.101. The molecule has 2 aromatic heterocycles. The summed E-state index contributed by atoms with van der Waals surface area (Å²) in [6.45, 7) is 7.85. The zero-order chi connectivity index (χ0) is 19.4. The quantitative estimate of drug-likeness (QED) is 0.698. The lowest BCUT2D eigenvalue weighted by Crippen LogP contribution is -2.26.